The Hall–Kier alpha value is -3.38. The molecule has 34 heavy (non-hydrogen) atoms. The van der Waals surface area contributed by atoms with Gasteiger partial charge in [-0.2, -0.15) is 0 Å². The largest absolute Gasteiger partial charge is 0.472 e. The van der Waals surface area contributed by atoms with Crippen LogP contribution in [0.1, 0.15) is 55.6 Å². The van der Waals surface area contributed by atoms with Crippen LogP contribution in [0.2, 0.25) is 0 Å². The van der Waals surface area contributed by atoms with E-state index in [9.17, 15) is 9.59 Å². The highest BCUT2D eigenvalue weighted by molar-refractivity contribution is 5.97. The van der Waals surface area contributed by atoms with Crippen molar-refractivity contribution in [2.75, 3.05) is 31.6 Å². The lowest BCUT2D eigenvalue weighted by Crippen LogP contribution is -2.58. The Morgan fingerprint density at radius 3 is 2.59 bits per heavy atom. The second-order valence-corrected chi connectivity index (χ2v) is 8.74. The zero-order valence-corrected chi connectivity index (χ0v) is 20.6. The van der Waals surface area contributed by atoms with Gasteiger partial charge in [-0.25, -0.2) is 15.0 Å². The molecule has 0 spiro atoms. The van der Waals surface area contributed by atoms with Crippen molar-refractivity contribution in [3.8, 4) is 6.57 Å². The maximum absolute atomic E-state index is 12.8. The van der Waals surface area contributed by atoms with E-state index in [-0.39, 0.29) is 11.5 Å². The first-order chi connectivity index (χ1) is 16.3. The summed E-state index contributed by atoms with van der Waals surface area (Å²) in [7, 11) is 1.33. The van der Waals surface area contributed by atoms with Crippen LogP contribution >= 0.6 is 0 Å². The first-order valence-electron chi connectivity index (χ1n) is 11.3. The molecule has 1 unspecified atom stereocenters. The molecule has 4 rings (SSSR count). The van der Waals surface area contributed by atoms with E-state index in [1.54, 1.807) is 11.0 Å². The third-order valence-corrected chi connectivity index (χ3v) is 5.51. The molecule has 1 atom stereocenters. The normalized spacial score (nSPS) is 18.4. The van der Waals surface area contributed by atoms with Crippen LogP contribution in [0.25, 0.3) is 0 Å². The number of furan rings is 1. The number of ether oxygens (including phenoxy) is 2. The second kappa shape index (κ2) is 12.2. The van der Waals surface area contributed by atoms with Gasteiger partial charge in [-0.1, -0.05) is 20.3 Å². The molecule has 2 aromatic heterocycles. The van der Waals surface area contributed by atoms with Gasteiger partial charge < -0.3 is 23.7 Å². The molecule has 184 valence electrons. The van der Waals surface area contributed by atoms with Gasteiger partial charge in [0.2, 0.25) is 0 Å². The number of pyridine rings is 1. The Kier molecular flexibility index (Phi) is 9.63. The third-order valence-electron chi connectivity index (χ3n) is 5.51. The van der Waals surface area contributed by atoms with Crippen molar-refractivity contribution >= 4 is 17.7 Å². The molecule has 0 N–H and O–H groups in total. The van der Waals surface area contributed by atoms with Gasteiger partial charge in [0.15, 0.2) is 0 Å². The van der Waals surface area contributed by atoms with Gasteiger partial charge in [0.25, 0.3) is 5.91 Å². The van der Waals surface area contributed by atoms with Crippen molar-refractivity contribution in [1.82, 2.24) is 9.88 Å². The molecular weight excluding hydrogens is 436 g/mol. The molecule has 1 saturated heterocycles. The highest BCUT2D eigenvalue weighted by atomic mass is 16.5. The first-order valence-corrected chi connectivity index (χ1v) is 11.3. The summed E-state index contributed by atoms with van der Waals surface area (Å²) in [5, 5.41) is 6.50. The number of hydrogen-bond acceptors (Lipinski definition) is 8. The number of carbonyl (C=O) groups excluding carboxylic acids is 2. The summed E-state index contributed by atoms with van der Waals surface area (Å²) in [6, 6.07) is 2.95. The lowest BCUT2D eigenvalue weighted by molar-refractivity contribution is -0.146. The second-order valence-electron chi connectivity index (χ2n) is 8.74. The highest BCUT2D eigenvalue weighted by Crippen LogP contribution is 2.30. The predicted octanol–water partition coefficient (Wildman–Crippen LogP) is 3.59. The Balaban J connectivity index is 0.000000758. The molecule has 9 nitrogen and oxygen atoms in total. The molecule has 1 amide bonds. The van der Waals surface area contributed by atoms with Crippen LogP contribution in [0.4, 0.5) is 5.82 Å². The number of rotatable bonds is 3. The smallest absolute Gasteiger partial charge is 0.330 e. The molecule has 4 heterocycles. The molecule has 1 fully saturated rings. The zero-order valence-electron chi connectivity index (χ0n) is 20.6. The van der Waals surface area contributed by atoms with Crippen LogP contribution in [0.5, 0.6) is 0 Å². The van der Waals surface area contributed by atoms with Gasteiger partial charge in [0, 0.05) is 32.3 Å². The topological polar surface area (TPSA) is 109 Å². The average molecular weight is 471 g/mol. The van der Waals surface area contributed by atoms with Gasteiger partial charge in [-0.15, -0.1) is 0 Å². The minimum atomic E-state index is -0.714. The molecule has 0 radical (unpaired) electrons. The number of piperazine rings is 1. The average Bonchev–Trinajstić information content (AvgIpc) is 3.38. The van der Waals surface area contributed by atoms with E-state index >= 15 is 0 Å². The molecule has 0 aromatic carbocycles. The quantitative estimate of drug-likeness (QED) is 0.626. The number of aromatic nitrogens is 1. The summed E-state index contributed by atoms with van der Waals surface area (Å²) < 4.78 is 15.8. The van der Waals surface area contributed by atoms with E-state index in [1.807, 2.05) is 11.1 Å². The van der Waals surface area contributed by atoms with Gasteiger partial charge >= 0.3 is 5.97 Å². The Morgan fingerprint density at radius 2 is 1.97 bits per heavy atom. The van der Waals surface area contributed by atoms with Crippen molar-refractivity contribution in [2.24, 2.45) is 0 Å². The third kappa shape index (κ3) is 6.35. The first kappa shape index (κ1) is 26.9. The van der Waals surface area contributed by atoms with E-state index in [4.69, 9.17) is 19.2 Å². The fourth-order valence-electron chi connectivity index (χ4n) is 3.89. The number of fused-ring (bicyclic) bond motifs is 1. The number of esters is 1. The number of carbonyl (C=O) groups is 2. The minimum Gasteiger partial charge on any atom is -0.472 e. The monoisotopic (exact) mass is 470 g/mol. The van der Waals surface area contributed by atoms with Crippen molar-refractivity contribution in [2.45, 2.75) is 58.8 Å². The summed E-state index contributed by atoms with van der Waals surface area (Å²) >= 11 is 0. The molecule has 0 saturated carbocycles. The Labute approximate surface area is 201 Å². The van der Waals surface area contributed by atoms with Crippen molar-refractivity contribution in [3.63, 3.8) is 0 Å². The molecule has 2 aliphatic heterocycles. The number of nitrogens with zero attached hydrogens (tertiary/aromatic N) is 4. The van der Waals surface area contributed by atoms with E-state index in [2.05, 4.69) is 45.3 Å². The van der Waals surface area contributed by atoms with Crippen LogP contribution in [-0.2, 0) is 27.3 Å². The van der Waals surface area contributed by atoms with Crippen LogP contribution in [0.15, 0.2) is 35.3 Å². The van der Waals surface area contributed by atoms with Crippen molar-refractivity contribution in [1.29, 1.82) is 5.26 Å². The molecule has 9 heteroatoms. The van der Waals surface area contributed by atoms with Crippen LogP contribution in [-0.4, -0.2) is 60.1 Å². The zero-order chi connectivity index (χ0) is 25.3. The van der Waals surface area contributed by atoms with Crippen LogP contribution in [0, 0.1) is 11.8 Å². The molecule has 0 aliphatic carbocycles. The van der Waals surface area contributed by atoms with Crippen LogP contribution < -0.4 is 4.90 Å². The summed E-state index contributed by atoms with van der Waals surface area (Å²) in [5.74, 6) is 0.107. The van der Waals surface area contributed by atoms with Crippen molar-refractivity contribution < 1.29 is 23.5 Å². The van der Waals surface area contributed by atoms with E-state index < -0.39 is 12.0 Å². The Morgan fingerprint density at radius 1 is 1.26 bits per heavy atom. The fraction of sp³-hybridized carbons (Fsp3) is 0.520. The summed E-state index contributed by atoms with van der Waals surface area (Å²) in [4.78, 5) is 33.4. The number of nitriles is 1. The summed E-state index contributed by atoms with van der Waals surface area (Å²) in [6.07, 6.45) is 6.73. The van der Waals surface area contributed by atoms with Gasteiger partial charge in [0.1, 0.15) is 18.1 Å². The maximum Gasteiger partial charge on any atom is 0.330 e. The van der Waals surface area contributed by atoms with Gasteiger partial charge in [0.05, 0.1) is 37.7 Å². The lowest BCUT2D eigenvalue weighted by Gasteiger charge is -2.40. The van der Waals surface area contributed by atoms with Crippen molar-refractivity contribution in [3.05, 3.63) is 47.5 Å². The summed E-state index contributed by atoms with van der Waals surface area (Å²) in [5.41, 5.74) is 2.50. The Bertz CT molecular complexity index is 971. The van der Waals surface area contributed by atoms with E-state index in [0.717, 1.165) is 17.8 Å². The molecule has 2 aromatic rings. The standard InChI is InChI=1S/C21H25N3O5.C3H8.CHN/c1-21(2)9-15-8-18(22-10-16(15)13-29-21)23-5-6-24(17(11-23)20(26)27-3)19(25)14-4-7-28-12-14;1-3-2;1-2/h4,7-8,10,12,17H,5-6,9,11,13H2,1-3H3;3H2,1-2H3;1H. The number of anilines is 1. The van der Waals surface area contributed by atoms with Gasteiger partial charge in [-0.05, 0) is 37.1 Å². The molecule has 0 bridgehead atoms. The van der Waals surface area contributed by atoms with Crippen LogP contribution in [0.3, 0.4) is 0 Å². The maximum atomic E-state index is 12.8. The van der Waals surface area contributed by atoms with Gasteiger partial charge in [-0.3, -0.25) is 4.79 Å². The number of hydrogen-bond donors (Lipinski definition) is 0. The highest BCUT2D eigenvalue weighted by Gasteiger charge is 2.37. The van der Waals surface area contributed by atoms with E-state index in [1.165, 1.54) is 31.6 Å². The lowest BCUT2D eigenvalue weighted by atomic mass is 9.93. The van der Waals surface area contributed by atoms with E-state index in [0.29, 0.717) is 31.8 Å². The predicted molar refractivity (Wildman–Crippen MR) is 127 cm³/mol. The fourth-order valence-corrected chi connectivity index (χ4v) is 3.89. The summed E-state index contributed by atoms with van der Waals surface area (Å²) in [6.45, 7) is 13.7. The number of methoxy groups -OCH3 is 1. The number of amides is 1. The molecular formula is C25H34N4O5. The molecule has 2 aliphatic rings. The minimum absolute atomic E-state index is 0.212. The SMILES string of the molecule is C#N.CCC.COC(=O)C1CN(c2cc3c(cn2)COC(C)(C)C3)CCN1C(=O)c1ccoc1.